The summed E-state index contributed by atoms with van der Waals surface area (Å²) in [6.45, 7) is 6.56. The van der Waals surface area contributed by atoms with Gasteiger partial charge < -0.3 is 15.0 Å². The molecule has 1 fully saturated rings. The topological polar surface area (TPSA) is 65.4 Å². The van der Waals surface area contributed by atoms with Gasteiger partial charge >= 0.3 is 0 Å². The molecule has 0 atom stereocenters. The third-order valence-electron chi connectivity index (χ3n) is 3.35. The van der Waals surface area contributed by atoms with Crippen molar-refractivity contribution in [2.45, 2.75) is 13.8 Å². The number of carbonyl (C=O) groups is 1. The number of nitrogens with one attached hydrogen (secondary N) is 1. The third-order valence-corrected chi connectivity index (χ3v) is 3.35. The van der Waals surface area contributed by atoms with Crippen molar-refractivity contribution in [1.82, 2.24) is 4.90 Å². The number of nitrogens with zero attached hydrogens (tertiary/aromatic N) is 2. The minimum absolute atomic E-state index is 0.108. The van der Waals surface area contributed by atoms with E-state index in [1.807, 2.05) is 43.0 Å². The van der Waals surface area contributed by atoms with Gasteiger partial charge in [-0.05, 0) is 25.5 Å². The fourth-order valence-corrected chi connectivity index (χ4v) is 2.17. The van der Waals surface area contributed by atoms with Crippen LogP contribution in [0.5, 0.6) is 0 Å². The SMILES string of the molecule is Cc1ccc(NC(=O)/C(C#N)=C\N2CCOCC2)c(C)c1. The second kappa shape index (κ2) is 6.91. The highest BCUT2D eigenvalue weighted by molar-refractivity contribution is 6.06. The molecule has 0 aliphatic carbocycles. The van der Waals surface area contributed by atoms with Gasteiger partial charge in [0.05, 0.1) is 13.2 Å². The molecule has 1 amide bonds. The van der Waals surface area contributed by atoms with Crippen LogP contribution >= 0.6 is 0 Å². The van der Waals surface area contributed by atoms with Gasteiger partial charge in [0.25, 0.3) is 5.91 Å². The lowest BCUT2D eigenvalue weighted by Gasteiger charge is -2.25. The van der Waals surface area contributed by atoms with Crippen molar-refractivity contribution in [2.24, 2.45) is 0 Å². The van der Waals surface area contributed by atoms with Gasteiger partial charge in [0.2, 0.25) is 0 Å². The largest absolute Gasteiger partial charge is 0.378 e. The van der Waals surface area contributed by atoms with E-state index in [1.165, 1.54) is 0 Å². The maximum Gasteiger partial charge on any atom is 0.267 e. The zero-order valence-corrected chi connectivity index (χ0v) is 12.3. The Morgan fingerprint density at radius 1 is 1.38 bits per heavy atom. The number of aryl methyl sites for hydroxylation is 2. The van der Waals surface area contributed by atoms with Gasteiger partial charge in [-0.25, -0.2) is 0 Å². The number of nitriles is 1. The van der Waals surface area contributed by atoms with Gasteiger partial charge in [-0.2, -0.15) is 5.26 Å². The van der Waals surface area contributed by atoms with Crippen molar-refractivity contribution in [3.63, 3.8) is 0 Å². The molecule has 2 rings (SSSR count). The van der Waals surface area contributed by atoms with Crippen LogP contribution in [0.15, 0.2) is 30.0 Å². The maximum atomic E-state index is 12.2. The first-order valence-electron chi connectivity index (χ1n) is 6.92. The summed E-state index contributed by atoms with van der Waals surface area (Å²) in [6, 6.07) is 7.74. The molecule has 0 saturated carbocycles. The number of anilines is 1. The molecule has 1 N–H and O–H groups in total. The van der Waals surface area contributed by atoms with Crippen molar-refractivity contribution in [1.29, 1.82) is 5.26 Å². The van der Waals surface area contributed by atoms with Crippen LogP contribution in [-0.2, 0) is 9.53 Å². The average molecular weight is 285 g/mol. The quantitative estimate of drug-likeness (QED) is 0.681. The van der Waals surface area contributed by atoms with Crippen molar-refractivity contribution < 1.29 is 9.53 Å². The Bertz CT molecular complexity index is 596. The second-order valence-corrected chi connectivity index (χ2v) is 5.08. The minimum Gasteiger partial charge on any atom is -0.378 e. The first kappa shape index (κ1) is 15.1. The first-order valence-corrected chi connectivity index (χ1v) is 6.92. The number of hydrogen-bond acceptors (Lipinski definition) is 4. The fraction of sp³-hybridized carbons (Fsp3) is 0.375. The number of rotatable bonds is 3. The zero-order valence-electron chi connectivity index (χ0n) is 12.3. The van der Waals surface area contributed by atoms with Gasteiger partial charge in [0.1, 0.15) is 11.6 Å². The molecule has 110 valence electrons. The Labute approximate surface area is 124 Å². The number of morpholine rings is 1. The lowest BCUT2D eigenvalue weighted by molar-refractivity contribution is -0.112. The summed E-state index contributed by atoms with van der Waals surface area (Å²) in [6.07, 6.45) is 1.61. The number of hydrogen-bond donors (Lipinski definition) is 1. The summed E-state index contributed by atoms with van der Waals surface area (Å²) in [5.41, 5.74) is 2.95. The maximum absolute atomic E-state index is 12.2. The summed E-state index contributed by atoms with van der Waals surface area (Å²) in [5.74, 6) is -0.379. The van der Waals surface area contributed by atoms with Crippen molar-refractivity contribution in [3.05, 3.63) is 41.1 Å². The molecule has 0 aromatic heterocycles. The first-order chi connectivity index (χ1) is 10.1. The summed E-state index contributed by atoms with van der Waals surface area (Å²) >= 11 is 0. The third kappa shape index (κ3) is 4.07. The Balaban J connectivity index is 2.09. The van der Waals surface area contributed by atoms with Gasteiger partial charge in [-0.15, -0.1) is 0 Å². The van der Waals surface area contributed by atoms with E-state index >= 15 is 0 Å². The van der Waals surface area contributed by atoms with E-state index in [0.717, 1.165) is 16.8 Å². The molecule has 0 unspecified atom stereocenters. The molecule has 1 aliphatic rings. The summed E-state index contributed by atoms with van der Waals surface area (Å²) in [7, 11) is 0. The lowest BCUT2D eigenvalue weighted by Crippen LogP contribution is -2.33. The Morgan fingerprint density at radius 3 is 2.71 bits per heavy atom. The molecule has 1 aromatic carbocycles. The fourth-order valence-electron chi connectivity index (χ4n) is 2.17. The Hall–Kier alpha value is -2.32. The van der Waals surface area contributed by atoms with E-state index in [1.54, 1.807) is 6.20 Å². The van der Waals surface area contributed by atoms with Crippen molar-refractivity contribution in [3.8, 4) is 6.07 Å². The van der Waals surface area contributed by atoms with Crippen LogP contribution in [0.3, 0.4) is 0 Å². The van der Waals surface area contributed by atoms with E-state index < -0.39 is 0 Å². The van der Waals surface area contributed by atoms with E-state index in [4.69, 9.17) is 4.74 Å². The van der Waals surface area contributed by atoms with E-state index in [9.17, 15) is 10.1 Å². The highest BCUT2D eigenvalue weighted by Crippen LogP contribution is 2.17. The van der Waals surface area contributed by atoms with Crippen LogP contribution in [0.1, 0.15) is 11.1 Å². The smallest absolute Gasteiger partial charge is 0.267 e. The Kier molecular flexibility index (Phi) is 4.96. The summed E-state index contributed by atoms with van der Waals surface area (Å²) in [4.78, 5) is 14.1. The van der Waals surface area contributed by atoms with E-state index in [-0.39, 0.29) is 11.5 Å². The number of carbonyl (C=O) groups excluding carboxylic acids is 1. The van der Waals surface area contributed by atoms with E-state index in [0.29, 0.717) is 26.3 Å². The molecule has 5 nitrogen and oxygen atoms in total. The van der Waals surface area contributed by atoms with Crippen LogP contribution in [-0.4, -0.2) is 37.1 Å². The highest BCUT2D eigenvalue weighted by atomic mass is 16.5. The van der Waals surface area contributed by atoms with Crippen molar-refractivity contribution >= 4 is 11.6 Å². The predicted molar refractivity (Wildman–Crippen MR) is 80.6 cm³/mol. The van der Waals surface area contributed by atoms with Crippen LogP contribution < -0.4 is 5.32 Å². The van der Waals surface area contributed by atoms with Gasteiger partial charge in [-0.3, -0.25) is 4.79 Å². The lowest BCUT2D eigenvalue weighted by atomic mass is 10.1. The van der Waals surface area contributed by atoms with Crippen LogP contribution in [0, 0.1) is 25.2 Å². The molecule has 5 heteroatoms. The predicted octanol–water partition coefficient (Wildman–Crippen LogP) is 1.98. The van der Waals surface area contributed by atoms with Crippen LogP contribution in [0.4, 0.5) is 5.69 Å². The second-order valence-electron chi connectivity index (χ2n) is 5.08. The molecule has 21 heavy (non-hydrogen) atoms. The standard InChI is InChI=1S/C16H19N3O2/c1-12-3-4-15(13(2)9-12)18-16(20)14(10-17)11-19-5-7-21-8-6-19/h3-4,9,11H,5-8H2,1-2H3,(H,18,20)/b14-11-. The normalized spacial score (nSPS) is 15.5. The molecule has 1 heterocycles. The summed E-state index contributed by atoms with van der Waals surface area (Å²) in [5, 5.41) is 12.0. The van der Waals surface area contributed by atoms with Gasteiger partial charge in [0.15, 0.2) is 0 Å². The molecular formula is C16H19N3O2. The van der Waals surface area contributed by atoms with Crippen LogP contribution in [0.2, 0.25) is 0 Å². The monoisotopic (exact) mass is 285 g/mol. The minimum atomic E-state index is -0.379. The molecule has 1 aromatic rings. The van der Waals surface area contributed by atoms with Gasteiger partial charge in [-0.1, -0.05) is 17.7 Å². The van der Waals surface area contributed by atoms with Crippen LogP contribution in [0.25, 0.3) is 0 Å². The highest BCUT2D eigenvalue weighted by Gasteiger charge is 2.14. The molecule has 1 aliphatic heterocycles. The molecular weight excluding hydrogens is 266 g/mol. The molecule has 0 radical (unpaired) electrons. The zero-order chi connectivity index (χ0) is 15.2. The Morgan fingerprint density at radius 2 is 2.10 bits per heavy atom. The van der Waals surface area contributed by atoms with E-state index in [2.05, 4.69) is 5.32 Å². The number of ether oxygens (including phenoxy) is 1. The number of amides is 1. The molecule has 1 saturated heterocycles. The van der Waals surface area contributed by atoms with Gasteiger partial charge in [0, 0.05) is 25.0 Å². The summed E-state index contributed by atoms with van der Waals surface area (Å²) < 4.78 is 5.24. The average Bonchev–Trinajstić information content (AvgIpc) is 2.48. The number of benzene rings is 1. The van der Waals surface area contributed by atoms with Crippen molar-refractivity contribution in [2.75, 3.05) is 31.6 Å². The molecule has 0 spiro atoms. The molecule has 0 bridgehead atoms.